The minimum absolute atomic E-state index is 0.285. The highest BCUT2D eigenvalue weighted by atomic mass is 16.5. The number of guanidine groups is 1. The van der Waals surface area contributed by atoms with Crippen molar-refractivity contribution in [1.29, 1.82) is 0 Å². The standard InChI is InChI=1S/C20H30N4O2/c1-15-4-5-18-16(13-24-19(18)12-15)6-9-23-20(21-2)22-8-3-10-26-17-7-11-25-14-17/h4-5,12-13,17,24H,3,6-11,14H2,1-2H3,(H2,21,22,23). The van der Waals surface area contributed by atoms with E-state index in [0.29, 0.717) is 0 Å². The Morgan fingerprint density at radius 3 is 3.04 bits per heavy atom. The molecule has 1 aliphatic rings. The largest absolute Gasteiger partial charge is 0.379 e. The van der Waals surface area contributed by atoms with Gasteiger partial charge in [0.05, 0.1) is 12.7 Å². The monoisotopic (exact) mass is 358 g/mol. The highest BCUT2D eigenvalue weighted by Gasteiger charge is 2.15. The van der Waals surface area contributed by atoms with E-state index in [0.717, 1.165) is 58.1 Å². The zero-order valence-corrected chi connectivity index (χ0v) is 15.8. The second-order valence-corrected chi connectivity index (χ2v) is 6.75. The number of hydrogen-bond donors (Lipinski definition) is 3. The molecular formula is C20H30N4O2. The molecule has 0 saturated carbocycles. The molecule has 142 valence electrons. The van der Waals surface area contributed by atoms with Gasteiger partial charge in [0.15, 0.2) is 5.96 Å². The number of ether oxygens (including phenoxy) is 2. The van der Waals surface area contributed by atoms with E-state index in [-0.39, 0.29) is 6.10 Å². The minimum atomic E-state index is 0.285. The van der Waals surface area contributed by atoms with Crippen molar-refractivity contribution in [3.63, 3.8) is 0 Å². The van der Waals surface area contributed by atoms with Crippen LogP contribution in [0.2, 0.25) is 0 Å². The van der Waals surface area contributed by atoms with Crippen molar-refractivity contribution in [3.8, 4) is 0 Å². The first-order chi connectivity index (χ1) is 12.8. The number of nitrogens with one attached hydrogen (secondary N) is 3. The van der Waals surface area contributed by atoms with E-state index in [2.05, 4.69) is 51.9 Å². The summed E-state index contributed by atoms with van der Waals surface area (Å²) in [4.78, 5) is 7.64. The van der Waals surface area contributed by atoms with Crippen LogP contribution in [-0.2, 0) is 15.9 Å². The van der Waals surface area contributed by atoms with Gasteiger partial charge in [0.2, 0.25) is 0 Å². The zero-order chi connectivity index (χ0) is 18.2. The molecular weight excluding hydrogens is 328 g/mol. The molecule has 1 aromatic heterocycles. The topological polar surface area (TPSA) is 70.7 Å². The van der Waals surface area contributed by atoms with Gasteiger partial charge in [0, 0.05) is 50.5 Å². The number of aromatic amines is 1. The van der Waals surface area contributed by atoms with Crippen molar-refractivity contribution in [2.24, 2.45) is 4.99 Å². The van der Waals surface area contributed by atoms with Crippen molar-refractivity contribution in [3.05, 3.63) is 35.5 Å². The van der Waals surface area contributed by atoms with Gasteiger partial charge in [-0.3, -0.25) is 4.99 Å². The van der Waals surface area contributed by atoms with Gasteiger partial charge in [-0.25, -0.2) is 0 Å². The summed E-state index contributed by atoms with van der Waals surface area (Å²) >= 11 is 0. The number of nitrogens with zero attached hydrogens (tertiary/aromatic N) is 1. The van der Waals surface area contributed by atoms with Crippen LogP contribution in [0.5, 0.6) is 0 Å². The van der Waals surface area contributed by atoms with Gasteiger partial charge in [-0.05, 0) is 43.4 Å². The van der Waals surface area contributed by atoms with Gasteiger partial charge >= 0.3 is 0 Å². The maximum Gasteiger partial charge on any atom is 0.190 e. The van der Waals surface area contributed by atoms with Crippen molar-refractivity contribution < 1.29 is 9.47 Å². The van der Waals surface area contributed by atoms with Crippen LogP contribution in [0, 0.1) is 6.92 Å². The number of benzene rings is 1. The lowest BCUT2D eigenvalue weighted by molar-refractivity contribution is 0.0420. The predicted molar refractivity (Wildman–Crippen MR) is 106 cm³/mol. The van der Waals surface area contributed by atoms with E-state index in [9.17, 15) is 0 Å². The molecule has 1 aromatic carbocycles. The molecule has 0 aliphatic carbocycles. The fourth-order valence-electron chi connectivity index (χ4n) is 3.22. The first-order valence-electron chi connectivity index (χ1n) is 9.47. The third kappa shape index (κ3) is 5.22. The number of aromatic nitrogens is 1. The fourth-order valence-corrected chi connectivity index (χ4v) is 3.22. The van der Waals surface area contributed by atoms with Crippen molar-refractivity contribution in [2.45, 2.75) is 32.3 Å². The van der Waals surface area contributed by atoms with Gasteiger partial charge in [0.25, 0.3) is 0 Å². The van der Waals surface area contributed by atoms with Crippen LogP contribution in [-0.4, -0.2) is 57.0 Å². The van der Waals surface area contributed by atoms with Crippen LogP contribution < -0.4 is 10.6 Å². The van der Waals surface area contributed by atoms with Gasteiger partial charge in [-0.15, -0.1) is 0 Å². The van der Waals surface area contributed by atoms with Crippen LogP contribution in [0.3, 0.4) is 0 Å². The Morgan fingerprint density at radius 1 is 1.35 bits per heavy atom. The molecule has 0 spiro atoms. The Balaban J connectivity index is 1.34. The van der Waals surface area contributed by atoms with Crippen LogP contribution in [0.1, 0.15) is 24.0 Å². The first-order valence-corrected chi connectivity index (χ1v) is 9.47. The molecule has 6 heteroatoms. The summed E-state index contributed by atoms with van der Waals surface area (Å²) in [5, 5.41) is 8.02. The molecule has 2 heterocycles. The molecule has 26 heavy (non-hydrogen) atoms. The fraction of sp³-hybridized carbons (Fsp3) is 0.550. The van der Waals surface area contributed by atoms with Gasteiger partial charge in [-0.1, -0.05) is 12.1 Å². The normalized spacial score (nSPS) is 17.8. The molecule has 6 nitrogen and oxygen atoms in total. The van der Waals surface area contributed by atoms with Crippen molar-refractivity contribution in [2.75, 3.05) is 40.0 Å². The van der Waals surface area contributed by atoms with E-state index >= 15 is 0 Å². The van der Waals surface area contributed by atoms with Gasteiger partial charge in [-0.2, -0.15) is 0 Å². The quantitative estimate of drug-likeness (QED) is 0.385. The number of hydrogen-bond acceptors (Lipinski definition) is 3. The molecule has 3 rings (SSSR count). The summed E-state index contributed by atoms with van der Waals surface area (Å²) < 4.78 is 11.1. The number of rotatable bonds is 8. The number of aryl methyl sites for hydroxylation is 1. The van der Waals surface area contributed by atoms with E-state index in [1.165, 1.54) is 22.0 Å². The lowest BCUT2D eigenvalue weighted by Crippen LogP contribution is -2.39. The molecule has 2 aromatic rings. The number of aliphatic imine (C=N–C) groups is 1. The summed E-state index contributed by atoms with van der Waals surface area (Å²) in [6, 6.07) is 6.54. The van der Waals surface area contributed by atoms with Crippen LogP contribution in [0.25, 0.3) is 10.9 Å². The number of fused-ring (bicyclic) bond motifs is 1. The Morgan fingerprint density at radius 2 is 2.23 bits per heavy atom. The summed E-state index contributed by atoms with van der Waals surface area (Å²) in [7, 11) is 1.80. The van der Waals surface area contributed by atoms with E-state index in [4.69, 9.17) is 9.47 Å². The average Bonchev–Trinajstić information content (AvgIpc) is 3.29. The van der Waals surface area contributed by atoms with Gasteiger partial charge < -0.3 is 25.1 Å². The molecule has 1 atom stereocenters. The Bertz CT molecular complexity index is 720. The summed E-state index contributed by atoms with van der Waals surface area (Å²) in [6.07, 6.45) is 5.32. The lowest BCUT2D eigenvalue weighted by atomic mass is 10.1. The van der Waals surface area contributed by atoms with Crippen LogP contribution >= 0.6 is 0 Å². The molecule has 1 saturated heterocycles. The molecule has 0 amide bonds. The second kappa shape index (κ2) is 9.59. The second-order valence-electron chi connectivity index (χ2n) is 6.75. The van der Waals surface area contributed by atoms with Crippen LogP contribution in [0.4, 0.5) is 0 Å². The third-order valence-electron chi connectivity index (χ3n) is 4.69. The molecule has 0 radical (unpaired) electrons. The maximum absolute atomic E-state index is 5.77. The van der Waals surface area contributed by atoms with Crippen molar-refractivity contribution in [1.82, 2.24) is 15.6 Å². The lowest BCUT2D eigenvalue weighted by Gasteiger charge is -2.13. The minimum Gasteiger partial charge on any atom is -0.379 e. The smallest absolute Gasteiger partial charge is 0.190 e. The Labute approximate surface area is 155 Å². The molecule has 1 aliphatic heterocycles. The Kier molecular flexibility index (Phi) is 6.91. The molecule has 3 N–H and O–H groups in total. The van der Waals surface area contributed by atoms with E-state index in [1.54, 1.807) is 7.05 Å². The maximum atomic E-state index is 5.77. The SMILES string of the molecule is CN=C(NCCCOC1CCOC1)NCCc1c[nH]c2cc(C)ccc12. The predicted octanol–water partition coefficient (Wildman–Crippen LogP) is 2.38. The highest BCUT2D eigenvalue weighted by Crippen LogP contribution is 2.19. The first kappa shape index (κ1) is 18.7. The molecule has 0 bridgehead atoms. The van der Waals surface area contributed by atoms with E-state index in [1.807, 2.05) is 0 Å². The summed E-state index contributed by atoms with van der Waals surface area (Å²) in [6.45, 7) is 6.13. The third-order valence-corrected chi connectivity index (χ3v) is 4.69. The Hall–Kier alpha value is -2.05. The molecule has 1 fully saturated rings. The average molecular weight is 358 g/mol. The van der Waals surface area contributed by atoms with E-state index < -0.39 is 0 Å². The summed E-state index contributed by atoms with van der Waals surface area (Å²) in [5.74, 6) is 0.838. The number of H-pyrrole nitrogens is 1. The zero-order valence-electron chi connectivity index (χ0n) is 15.8. The van der Waals surface area contributed by atoms with Crippen LogP contribution in [0.15, 0.2) is 29.4 Å². The van der Waals surface area contributed by atoms with Gasteiger partial charge in [0.1, 0.15) is 0 Å². The highest BCUT2D eigenvalue weighted by molar-refractivity contribution is 5.84. The van der Waals surface area contributed by atoms with Crippen molar-refractivity contribution >= 4 is 16.9 Å². The molecule has 1 unspecified atom stereocenters. The summed E-state index contributed by atoms with van der Waals surface area (Å²) in [5.41, 5.74) is 3.81.